The number of piperazine rings is 1. The highest BCUT2D eigenvalue weighted by Gasteiger charge is 2.37. The number of amides is 2. The van der Waals surface area contributed by atoms with Crippen molar-refractivity contribution < 1.29 is 9.59 Å². The zero-order valence-electron chi connectivity index (χ0n) is 17.5. The minimum atomic E-state index is -0.142. The van der Waals surface area contributed by atoms with Crippen LogP contribution in [0.5, 0.6) is 0 Å². The second kappa shape index (κ2) is 10.1. The first-order chi connectivity index (χ1) is 14.6. The molecule has 3 fully saturated rings. The van der Waals surface area contributed by atoms with Gasteiger partial charge in [0.1, 0.15) is 0 Å². The topological polar surface area (TPSA) is 67.9 Å². The Hall–Kier alpha value is -1.67. The normalized spacial score (nSPS) is 25.9. The van der Waals surface area contributed by atoms with Gasteiger partial charge in [0.05, 0.1) is 18.5 Å². The van der Waals surface area contributed by atoms with Gasteiger partial charge in [-0.15, -0.1) is 0 Å². The Morgan fingerprint density at radius 2 is 1.57 bits per heavy atom. The first-order valence-electron chi connectivity index (χ1n) is 11.1. The van der Waals surface area contributed by atoms with E-state index in [0.717, 1.165) is 44.6 Å². The number of carbonyl (C=O) groups is 2. The highest BCUT2D eigenvalue weighted by molar-refractivity contribution is 6.30. The molecule has 2 atom stereocenters. The molecule has 0 bridgehead atoms. The van der Waals surface area contributed by atoms with Gasteiger partial charge in [-0.05, 0) is 30.5 Å². The third kappa shape index (κ3) is 5.14. The molecule has 3 aliphatic rings. The number of likely N-dealkylation sites (tertiary alicyclic amines) is 1. The van der Waals surface area contributed by atoms with Crippen LogP contribution in [0.2, 0.25) is 5.02 Å². The predicted molar refractivity (Wildman–Crippen MR) is 117 cm³/mol. The van der Waals surface area contributed by atoms with Crippen molar-refractivity contribution in [3.05, 3.63) is 34.9 Å². The van der Waals surface area contributed by atoms with Crippen molar-refractivity contribution in [2.24, 2.45) is 5.92 Å². The zero-order chi connectivity index (χ0) is 20.9. The van der Waals surface area contributed by atoms with E-state index in [1.807, 2.05) is 34.1 Å². The zero-order valence-corrected chi connectivity index (χ0v) is 18.2. The molecule has 0 spiro atoms. The van der Waals surface area contributed by atoms with E-state index < -0.39 is 0 Å². The molecule has 1 aromatic carbocycles. The molecule has 4 rings (SSSR count). The summed E-state index contributed by atoms with van der Waals surface area (Å²) >= 11 is 6.00. The molecule has 2 N–H and O–H groups in total. The van der Waals surface area contributed by atoms with Gasteiger partial charge in [0.15, 0.2) is 0 Å². The molecule has 3 aliphatic heterocycles. The summed E-state index contributed by atoms with van der Waals surface area (Å²) in [5.41, 5.74) is 7.44. The van der Waals surface area contributed by atoms with Crippen LogP contribution in [-0.4, -0.2) is 78.9 Å². The third-order valence-corrected chi connectivity index (χ3v) is 6.78. The maximum absolute atomic E-state index is 13.2. The van der Waals surface area contributed by atoms with E-state index in [0.29, 0.717) is 31.2 Å². The van der Waals surface area contributed by atoms with Gasteiger partial charge in [-0.25, -0.2) is 5.43 Å². The first-order valence-corrected chi connectivity index (χ1v) is 11.5. The van der Waals surface area contributed by atoms with Crippen LogP contribution < -0.4 is 10.9 Å². The van der Waals surface area contributed by atoms with Crippen LogP contribution in [0.15, 0.2) is 24.3 Å². The van der Waals surface area contributed by atoms with Gasteiger partial charge in [-0.3, -0.25) is 19.9 Å². The smallest absolute Gasteiger partial charge is 0.236 e. The van der Waals surface area contributed by atoms with Crippen LogP contribution in [0.4, 0.5) is 0 Å². The quantitative estimate of drug-likeness (QED) is 0.755. The van der Waals surface area contributed by atoms with E-state index in [4.69, 9.17) is 11.6 Å². The van der Waals surface area contributed by atoms with Crippen LogP contribution >= 0.6 is 11.6 Å². The molecular formula is C22H32ClN5O2. The first kappa shape index (κ1) is 21.6. The van der Waals surface area contributed by atoms with Gasteiger partial charge in [0.2, 0.25) is 11.8 Å². The number of carbonyl (C=O) groups excluding carboxylic acids is 2. The highest BCUT2D eigenvalue weighted by atomic mass is 35.5. The molecule has 164 valence electrons. The van der Waals surface area contributed by atoms with E-state index in [9.17, 15) is 9.59 Å². The van der Waals surface area contributed by atoms with Crippen molar-refractivity contribution in [2.75, 3.05) is 52.4 Å². The monoisotopic (exact) mass is 433 g/mol. The predicted octanol–water partition coefficient (Wildman–Crippen LogP) is 1.65. The summed E-state index contributed by atoms with van der Waals surface area (Å²) in [6, 6.07) is 7.61. The summed E-state index contributed by atoms with van der Waals surface area (Å²) in [7, 11) is 0. The molecule has 3 saturated heterocycles. The minimum Gasteiger partial charge on any atom is -0.342 e. The average Bonchev–Trinajstić information content (AvgIpc) is 3.08. The van der Waals surface area contributed by atoms with Crippen molar-refractivity contribution in [1.29, 1.82) is 0 Å². The molecule has 0 radical (unpaired) electrons. The van der Waals surface area contributed by atoms with Crippen LogP contribution in [0, 0.1) is 5.92 Å². The molecule has 0 aromatic heterocycles. The Morgan fingerprint density at radius 1 is 0.900 bits per heavy atom. The lowest BCUT2D eigenvalue weighted by molar-refractivity contribution is -0.138. The molecular weight excluding hydrogens is 402 g/mol. The van der Waals surface area contributed by atoms with Crippen molar-refractivity contribution in [3.8, 4) is 0 Å². The molecule has 0 aliphatic carbocycles. The van der Waals surface area contributed by atoms with E-state index in [1.54, 1.807) is 0 Å². The number of hydrogen-bond acceptors (Lipinski definition) is 5. The Bertz CT molecular complexity index is 728. The van der Waals surface area contributed by atoms with Gasteiger partial charge >= 0.3 is 0 Å². The van der Waals surface area contributed by atoms with E-state index in [1.165, 1.54) is 12.8 Å². The fourth-order valence-corrected chi connectivity index (χ4v) is 4.81. The summed E-state index contributed by atoms with van der Waals surface area (Å²) in [6.07, 6.45) is 4.69. The summed E-state index contributed by atoms with van der Waals surface area (Å²) in [4.78, 5) is 32.0. The summed E-state index contributed by atoms with van der Waals surface area (Å²) < 4.78 is 0. The molecule has 0 saturated carbocycles. The standard InChI is InChI=1S/C22H32ClN5O2/c23-18-7-5-17(6-8-18)21-19(15-24-25-21)22(30)28-13-11-26(12-14-28)16-20(29)27-9-3-1-2-4-10-27/h5-8,19,21,24-25H,1-4,9-16H2. The lowest BCUT2D eigenvalue weighted by Crippen LogP contribution is -2.53. The largest absolute Gasteiger partial charge is 0.342 e. The number of hydrazine groups is 1. The van der Waals surface area contributed by atoms with Gasteiger partial charge in [-0.1, -0.05) is 36.6 Å². The maximum Gasteiger partial charge on any atom is 0.236 e. The fraction of sp³-hybridized carbons (Fsp3) is 0.636. The Labute approximate surface area is 183 Å². The number of nitrogens with one attached hydrogen (secondary N) is 2. The van der Waals surface area contributed by atoms with Crippen molar-refractivity contribution >= 4 is 23.4 Å². The fourth-order valence-electron chi connectivity index (χ4n) is 4.69. The minimum absolute atomic E-state index is 0.0580. The number of hydrogen-bond donors (Lipinski definition) is 2. The molecule has 30 heavy (non-hydrogen) atoms. The third-order valence-electron chi connectivity index (χ3n) is 6.53. The molecule has 8 heteroatoms. The van der Waals surface area contributed by atoms with Crippen LogP contribution in [0.1, 0.15) is 37.3 Å². The van der Waals surface area contributed by atoms with Gasteiger partial charge in [0.25, 0.3) is 0 Å². The Morgan fingerprint density at radius 3 is 2.23 bits per heavy atom. The summed E-state index contributed by atoms with van der Waals surface area (Å²) in [5.74, 6) is 0.270. The van der Waals surface area contributed by atoms with Crippen LogP contribution in [-0.2, 0) is 9.59 Å². The van der Waals surface area contributed by atoms with Gasteiger partial charge in [0, 0.05) is 50.8 Å². The number of rotatable bonds is 4. The average molecular weight is 434 g/mol. The maximum atomic E-state index is 13.2. The molecule has 3 heterocycles. The lowest BCUT2D eigenvalue weighted by Gasteiger charge is -2.37. The SMILES string of the molecule is O=C(CN1CCN(C(=O)C2CNNC2c2ccc(Cl)cc2)CC1)N1CCCCCC1. The Balaban J connectivity index is 1.28. The summed E-state index contributed by atoms with van der Waals surface area (Å²) in [6.45, 7) is 5.73. The van der Waals surface area contributed by atoms with Crippen molar-refractivity contribution in [1.82, 2.24) is 25.6 Å². The second-order valence-corrected chi connectivity index (χ2v) is 8.99. The molecule has 2 unspecified atom stereocenters. The van der Waals surface area contributed by atoms with Crippen LogP contribution in [0.25, 0.3) is 0 Å². The van der Waals surface area contributed by atoms with Crippen molar-refractivity contribution in [2.45, 2.75) is 31.7 Å². The van der Waals surface area contributed by atoms with E-state index >= 15 is 0 Å². The van der Waals surface area contributed by atoms with E-state index in [-0.39, 0.29) is 23.8 Å². The number of nitrogens with zero attached hydrogens (tertiary/aromatic N) is 3. The van der Waals surface area contributed by atoms with Crippen LogP contribution in [0.3, 0.4) is 0 Å². The molecule has 1 aromatic rings. The molecule has 2 amide bonds. The number of halogens is 1. The molecule has 7 nitrogen and oxygen atoms in total. The van der Waals surface area contributed by atoms with E-state index in [2.05, 4.69) is 15.8 Å². The summed E-state index contributed by atoms with van der Waals surface area (Å²) in [5, 5.41) is 0.693. The van der Waals surface area contributed by atoms with Crippen molar-refractivity contribution in [3.63, 3.8) is 0 Å². The number of benzene rings is 1. The van der Waals surface area contributed by atoms with Gasteiger partial charge < -0.3 is 9.80 Å². The Kier molecular flexibility index (Phi) is 7.25. The van der Waals surface area contributed by atoms with Gasteiger partial charge in [-0.2, -0.15) is 0 Å². The second-order valence-electron chi connectivity index (χ2n) is 8.56. The highest BCUT2D eigenvalue weighted by Crippen LogP contribution is 2.28. The lowest BCUT2D eigenvalue weighted by atomic mass is 9.93.